The molecule has 4 rings (SSSR count). The molecule has 0 bridgehead atoms. The Bertz CT molecular complexity index is 874. The Balaban J connectivity index is 1.58. The molecule has 7 heteroatoms. The van der Waals surface area contributed by atoms with Crippen LogP contribution in [0.25, 0.3) is 0 Å². The number of hydrogen-bond donors (Lipinski definition) is 2. The van der Waals surface area contributed by atoms with Crippen LogP contribution in [0, 0.1) is 0 Å². The number of fused-ring (bicyclic) bond motifs is 2. The number of ether oxygens (including phenoxy) is 1. The van der Waals surface area contributed by atoms with Gasteiger partial charge in [-0.1, -0.05) is 0 Å². The van der Waals surface area contributed by atoms with E-state index >= 15 is 0 Å². The highest BCUT2D eigenvalue weighted by Gasteiger charge is 2.33. The number of hydrogen-bond acceptors (Lipinski definition) is 4. The number of aromatic amines is 1. The van der Waals surface area contributed by atoms with Gasteiger partial charge >= 0.3 is 0 Å². The molecule has 1 aromatic heterocycles. The highest BCUT2D eigenvalue weighted by atomic mass is 16.5. The van der Waals surface area contributed by atoms with Gasteiger partial charge < -0.3 is 15.0 Å². The van der Waals surface area contributed by atoms with Gasteiger partial charge in [-0.15, -0.1) is 0 Å². The van der Waals surface area contributed by atoms with Crippen LogP contribution in [0.2, 0.25) is 0 Å². The van der Waals surface area contributed by atoms with E-state index in [-0.39, 0.29) is 18.2 Å². The predicted molar refractivity (Wildman–Crippen MR) is 96.1 cm³/mol. The molecular formula is C19H22N4O3. The van der Waals surface area contributed by atoms with Gasteiger partial charge in [0.1, 0.15) is 5.75 Å². The summed E-state index contributed by atoms with van der Waals surface area (Å²) in [4.78, 5) is 26.8. The van der Waals surface area contributed by atoms with Crippen LogP contribution in [0.4, 0.5) is 5.69 Å². The molecule has 1 aliphatic carbocycles. The number of amides is 2. The Labute approximate surface area is 151 Å². The quantitative estimate of drug-likeness (QED) is 0.879. The maximum Gasteiger partial charge on any atom is 0.230 e. The fourth-order valence-corrected chi connectivity index (χ4v) is 3.87. The van der Waals surface area contributed by atoms with Crippen LogP contribution in [0.5, 0.6) is 5.75 Å². The van der Waals surface area contributed by atoms with Crippen molar-refractivity contribution in [3.8, 4) is 5.75 Å². The van der Waals surface area contributed by atoms with Crippen molar-refractivity contribution in [1.29, 1.82) is 0 Å². The van der Waals surface area contributed by atoms with Crippen molar-refractivity contribution < 1.29 is 14.3 Å². The molecule has 2 aliphatic rings. The zero-order chi connectivity index (χ0) is 18.3. The highest BCUT2D eigenvalue weighted by Crippen LogP contribution is 2.36. The van der Waals surface area contributed by atoms with E-state index in [9.17, 15) is 9.59 Å². The van der Waals surface area contributed by atoms with Gasteiger partial charge in [0.2, 0.25) is 11.8 Å². The van der Waals surface area contributed by atoms with Gasteiger partial charge in [-0.3, -0.25) is 14.7 Å². The van der Waals surface area contributed by atoms with Crippen molar-refractivity contribution in [2.45, 2.75) is 38.1 Å². The van der Waals surface area contributed by atoms with E-state index in [4.69, 9.17) is 4.74 Å². The molecule has 0 unspecified atom stereocenters. The SMILES string of the molecule is COc1ccc2c(c1)[C@H](C(=O)N(C)Cc1n[nH]c3c1CCC3)CC(=O)N2. The summed E-state index contributed by atoms with van der Waals surface area (Å²) in [7, 11) is 3.36. The number of aromatic nitrogens is 2. The zero-order valence-corrected chi connectivity index (χ0v) is 15.0. The third-order valence-corrected chi connectivity index (χ3v) is 5.25. The van der Waals surface area contributed by atoms with E-state index in [2.05, 4.69) is 15.5 Å². The van der Waals surface area contributed by atoms with E-state index < -0.39 is 5.92 Å². The number of nitrogens with one attached hydrogen (secondary N) is 2. The highest BCUT2D eigenvalue weighted by molar-refractivity contribution is 6.01. The average Bonchev–Trinajstić information content (AvgIpc) is 3.25. The minimum absolute atomic E-state index is 0.0795. The lowest BCUT2D eigenvalue weighted by molar-refractivity contribution is -0.134. The summed E-state index contributed by atoms with van der Waals surface area (Å²) in [6.45, 7) is 0.447. The molecule has 0 spiro atoms. The zero-order valence-electron chi connectivity index (χ0n) is 15.0. The van der Waals surface area contributed by atoms with Crippen molar-refractivity contribution >= 4 is 17.5 Å². The van der Waals surface area contributed by atoms with Gasteiger partial charge in [-0.25, -0.2) is 0 Å². The number of carbonyl (C=O) groups excluding carboxylic acids is 2. The Hall–Kier alpha value is -2.83. The topological polar surface area (TPSA) is 87.3 Å². The number of likely N-dealkylation sites (N-methyl/N-ethyl adjacent to an activating group) is 1. The minimum atomic E-state index is -0.508. The van der Waals surface area contributed by atoms with E-state index in [1.54, 1.807) is 31.2 Å². The second-order valence-electron chi connectivity index (χ2n) is 6.93. The molecule has 26 heavy (non-hydrogen) atoms. The molecule has 0 saturated heterocycles. The van der Waals surface area contributed by atoms with E-state index in [1.807, 2.05) is 6.07 Å². The third kappa shape index (κ3) is 2.83. The first-order valence-electron chi connectivity index (χ1n) is 8.84. The lowest BCUT2D eigenvalue weighted by Crippen LogP contribution is -2.36. The molecule has 1 aromatic carbocycles. The van der Waals surface area contributed by atoms with Crippen molar-refractivity contribution in [3.63, 3.8) is 0 Å². The number of anilines is 1. The number of carbonyl (C=O) groups is 2. The Kier molecular flexibility index (Phi) is 4.14. The average molecular weight is 354 g/mol. The van der Waals surface area contributed by atoms with Gasteiger partial charge in [-0.2, -0.15) is 5.10 Å². The molecule has 0 saturated carbocycles. The normalized spacial score (nSPS) is 18.1. The van der Waals surface area contributed by atoms with Gasteiger partial charge in [0, 0.05) is 24.8 Å². The van der Waals surface area contributed by atoms with Crippen molar-refractivity contribution in [3.05, 3.63) is 40.7 Å². The number of rotatable bonds is 4. The largest absolute Gasteiger partial charge is 0.497 e. The summed E-state index contributed by atoms with van der Waals surface area (Å²) in [5, 5.41) is 10.3. The van der Waals surface area contributed by atoms with Gasteiger partial charge in [0.25, 0.3) is 0 Å². The first-order chi connectivity index (χ1) is 12.6. The van der Waals surface area contributed by atoms with Gasteiger partial charge in [0.05, 0.1) is 25.3 Å². The van der Waals surface area contributed by atoms with Crippen LogP contribution in [-0.2, 0) is 29.0 Å². The number of nitrogens with zero attached hydrogens (tertiary/aromatic N) is 2. The van der Waals surface area contributed by atoms with Crippen LogP contribution in [-0.4, -0.2) is 41.1 Å². The van der Waals surface area contributed by atoms with E-state index in [1.165, 1.54) is 11.3 Å². The summed E-state index contributed by atoms with van der Waals surface area (Å²) >= 11 is 0. The molecule has 1 atom stereocenters. The Morgan fingerprint density at radius 1 is 1.38 bits per heavy atom. The summed E-state index contributed by atoms with van der Waals surface area (Å²) in [5.41, 5.74) is 4.84. The second kappa shape index (κ2) is 6.48. The number of benzene rings is 1. The molecule has 7 nitrogen and oxygen atoms in total. The van der Waals surface area contributed by atoms with Crippen LogP contribution in [0.15, 0.2) is 18.2 Å². The smallest absolute Gasteiger partial charge is 0.230 e. The molecule has 2 aromatic rings. The first-order valence-corrected chi connectivity index (χ1v) is 8.84. The lowest BCUT2D eigenvalue weighted by atomic mass is 9.89. The van der Waals surface area contributed by atoms with Crippen LogP contribution in [0.1, 0.15) is 41.3 Å². The van der Waals surface area contributed by atoms with Crippen LogP contribution in [0.3, 0.4) is 0 Å². The monoisotopic (exact) mass is 354 g/mol. The molecule has 2 heterocycles. The molecule has 1 aliphatic heterocycles. The van der Waals surface area contributed by atoms with Crippen LogP contribution >= 0.6 is 0 Å². The molecule has 0 radical (unpaired) electrons. The van der Waals surface area contributed by atoms with E-state index in [0.717, 1.165) is 30.5 Å². The fraction of sp³-hybridized carbons (Fsp3) is 0.421. The number of aryl methyl sites for hydroxylation is 1. The molecule has 136 valence electrons. The maximum absolute atomic E-state index is 13.1. The molecule has 2 amide bonds. The van der Waals surface area contributed by atoms with Gasteiger partial charge in [-0.05, 0) is 48.6 Å². The maximum atomic E-state index is 13.1. The van der Waals surface area contributed by atoms with Crippen LogP contribution < -0.4 is 10.1 Å². The summed E-state index contributed by atoms with van der Waals surface area (Å²) < 4.78 is 5.28. The van der Waals surface area contributed by atoms with Crippen molar-refractivity contribution in [2.75, 3.05) is 19.5 Å². The summed E-state index contributed by atoms with van der Waals surface area (Å²) in [6, 6.07) is 5.40. The molecule has 2 N–H and O–H groups in total. The number of H-pyrrole nitrogens is 1. The predicted octanol–water partition coefficient (Wildman–Crippen LogP) is 1.99. The Morgan fingerprint density at radius 3 is 3.04 bits per heavy atom. The van der Waals surface area contributed by atoms with Gasteiger partial charge in [0.15, 0.2) is 0 Å². The standard InChI is InChI=1S/C19H22N4O3/c1-23(10-17-12-4-3-5-16(12)21-22-17)19(25)14-9-18(24)20-15-7-6-11(26-2)8-13(14)15/h6-8,14H,3-5,9-10H2,1-2H3,(H,20,24)(H,21,22)/t14-/m1/s1. The second-order valence-corrected chi connectivity index (χ2v) is 6.93. The van der Waals surface area contributed by atoms with E-state index in [0.29, 0.717) is 18.0 Å². The van der Waals surface area contributed by atoms with Crippen molar-refractivity contribution in [2.24, 2.45) is 0 Å². The first kappa shape index (κ1) is 16.6. The number of methoxy groups -OCH3 is 1. The third-order valence-electron chi connectivity index (χ3n) is 5.25. The molecular weight excluding hydrogens is 332 g/mol. The fourth-order valence-electron chi connectivity index (χ4n) is 3.87. The lowest BCUT2D eigenvalue weighted by Gasteiger charge is -2.28. The summed E-state index contributed by atoms with van der Waals surface area (Å²) in [5.74, 6) is -0.0597. The Morgan fingerprint density at radius 2 is 2.23 bits per heavy atom. The minimum Gasteiger partial charge on any atom is -0.497 e. The summed E-state index contributed by atoms with van der Waals surface area (Å²) in [6.07, 6.45) is 3.30. The van der Waals surface area contributed by atoms with Crippen molar-refractivity contribution in [1.82, 2.24) is 15.1 Å². The molecule has 0 fully saturated rings.